The second kappa shape index (κ2) is 8.64. The normalized spacial score (nSPS) is 18.0. The lowest BCUT2D eigenvalue weighted by Gasteiger charge is -2.34. The second-order valence-corrected chi connectivity index (χ2v) is 10.1. The quantitative estimate of drug-likeness (QED) is 0.588. The summed E-state index contributed by atoms with van der Waals surface area (Å²) in [6.07, 6.45) is 4.34. The van der Waals surface area contributed by atoms with E-state index in [0.29, 0.717) is 29.3 Å². The van der Waals surface area contributed by atoms with Gasteiger partial charge in [0.15, 0.2) is 0 Å². The summed E-state index contributed by atoms with van der Waals surface area (Å²) in [7, 11) is -5.47. The molecule has 1 aromatic carbocycles. The number of hydrogen-bond donors (Lipinski definition) is 1. The van der Waals surface area contributed by atoms with E-state index in [0.717, 1.165) is 16.9 Å². The second-order valence-electron chi connectivity index (χ2n) is 7.40. The third-order valence-electron chi connectivity index (χ3n) is 5.38. The highest BCUT2D eigenvalue weighted by molar-refractivity contribution is 7.89. The molecule has 0 saturated heterocycles. The molecule has 166 valence electrons. The number of para-hydroxylation sites is 1. The molecule has 2 aromatic heterocycles. The van der Waals surface area contributed by atoms with Gasteiger partial charge in [-0.05, 0) is 46.9 Å². The summed E-state index contributed by atoms with van der Waals surface area (Å²) in [5, 5.41) is 3.94. The van der Waals surface area contributed by atoms with E-state index in [2.05, 4.69) is 9.97 Å². The fourth-order valence-corrected chi connectivity index (χ4v) is 5.50. The molecular formula is C20H21F3N4O2S2. The van der Waals surface area contributed by atoms with Crippen LogP contribution >= 0.6 is 11.3 Å². The first kappa shape index (κ1) is 21.8. The van der Waals surface area contributed by atoms with Crippen molar-refractivity contribution in [2.24, 2.45) is 0 Å². The van der Waals surface area contributed by atoms with Crippen molar-refractivity contribution in [3.05, 3.63) is 70.4 Å². The first-order chi connectivity index (χ1) is 14.8. The Hall–Kier alpha value is -2.37. The topological polar surface area (TPSA) is 69.3 Å². The molecule has 0 amide bonds. The van der Waals surface area contributed by atoms with Crippen LogP contribution in [0.15, 0.2) is 53.6 Å². The van der Waals surface area contributed by atoms with Gasteiger partial charge >= 0.3 is 15.5 Å². The third-order valence-corrected chi connectivity index (χ3v) is 7.65. The van der Waals surface area contributed by atoms with Crippen molar-refractivity contribution >= 4 is 27.0 Å². The first-order valence-electron chi connectivity index (χ1n) is 9.65. The monoisotopic (exact) mass is 470 g/mol. The number of thiophene rings is 1. The van der Waals surface area contributed by atoms with E-state index in [1.165, 1.54) is 0 Å². The molecule has 0 saturated carbocycles. The number of fused-ring (bicyclic) bond motifs is 1. The van der Waals surface area contributed by atoms with Crippen molar-refractivity contribution < 1.29 is 21.6 Å². The Balaban J connectivity index is 1.74. The minimum absolute atomic E-state index is 0.255. The fraction of sp³-hybridized carbons (Fsp3) is 0.350. The van der Waals surface area contributed by atoms with Gasteiger partial charge in [0.2, 0.25) is 0 Å². The predicted octanol–water partition coefficient (Wildman–Crippen LogP) is 4.14. The van der Waals surface area contributed by atoms with Crippen LogP contribution in [0, 0.1) is 0 Å². The lowest BCUT2D eigenvalue weighted by molar-refractivity contribution is -0.0492. The standard InChI is InChI=1S/C20H21F3N4O2S2/c21-20(22,23)31(28,29)26-10-16-3-1-2-4-19(16)27(11-17-9-24-14-25-17)18(12-26)6-5-15-7-8-30-13-15/h1-4,7-9,13-14,18H,5-6,10-12H2,(H,24,25)/t18-/m1/s1. The molecule has 3 aromatic rings. The van der Waals surface area contributed by atoms with E-state index in [-0.39, 0.29) is 13.1 Å². The Morgan fingerprint density at radius 2 is 2.03 bits per heavy atom. The lowest BCUT2D eigenvalue weighted by atomic mass is 10.0. The number of nitrogens with zero attached hydrogens (tertiary/aromatic N) is 3. The zero-order chi connectivity index (χ0) is 22.1. The van der Waals surface area contributed by atoms with Gasteiger partial charge in [-0.15, -0.1) is 0 Å². The lowest BCUT2D eigenvalue weighted by Crippen LogP contribution is -2.47. The Morgan fingerprint density at radius 3 is 2.71 bits per heavy atom. The number of sulfonamides is 1. The van der Waals surface area contributed by atoms with Crippen LogP contribution in [0.2, 0.25) is 0 Å². The van der Waals surface area contributed by atoms with E-state index in [4.69, 9.17) is 0 Å². The highest BCUT2D eigenvalue weighted by Crippen LogP contribution is 2.35. The van der Waals surface area contributed by atoms with Gasteiger partial charge in [-0.25, -0.2) is 13.4 Å². The van der Waals surface area contributed by atoms with E-state index in [1.807, 2.05) is 33.9 Å². The number of aromatic amines is 1. The highest BCUT2D eigenvalue weighted by Gasteiger charge is 2.51. The maximum absolute atomic E-state index is 13.4. The third kappa shape index (κ3) is 4.63. The zero-order valence-electron chi connectivity index (χ0n) is 16.4. The van der Waals surface area contributed by atoms with Crippen molar-refractivity contribution in [1.82, 2.24) is 14.3 Å². The van der Waals surface area contributed by atoms with Crippen LogP contribution in [0.4, 0.5) is 18.9 Å². The van der Waals surface area contributed by atoms with E-state index in [1.54, 1.807) is 36.0 Å². The summed E-state index contributed by atoms with van der Waals surface area (Å²) in [6.45, 7) is -0.202. The number of aryl methyl sites for hydroxylation is 1. The van der Waals surface area contributed by atoms with Crippen LogP contribution in [0.5, 0.6) is 0 Å². The fourth-order valence-electron chi connectivity index (χ4n) is 3.82. The summed E-state index contributed by atoms with van der Waals surface area (Å²) < 4.78 is 65.5. The molecule has 0 spiro atoms. The molecule has 6 nitrogen and oxygen atoms in total. The predicted molar refractivity (Wildman–Crippen MR) is 113 cm³/mol. The van der Waals surface area contributed by atoms with Crippen LogP contribution in [0.25, 0.3) is 0 Å². The molecule has 0 aliphatic carbocycles. The van der Waals surface area contributed by atoms with Crippen LogP contribution < -0.4 is 4.90 Å². The highest BCUT2D eigenvalue weighted by atomic mass is 32.2. The smallest absolute Gasteiger partial charge is 0.361 e. The molecule has 1 atom stereocenters. The van der Waals surface area contributed by atoms with E-state index < -0.39 is 21.6 Å². The number of hydrogen-bond acceptors (Lipinski definition) is 5. The zero-order valence-corrected chi connectivity index (χ0v) is 18.1. The molecule has 0 radical (unpaired) electrons. The molecule has 31 heavy (non-hydrogen) atoms. The van der Waals surface area contributed by atoms with Crippen molar-refractivity contribution in [3.63, 3.8) is 0 Å². The summed E-state index contributed by atoms with van der Waals surface area (Å²) >= 11 is 1.55. The van der Waals surface area contributed by atoms with Gasteiger partial charge < -0.3 is 9.88 Å². The van der Waals surface area contributed by atoms with Gasteiger partial charge in [0.1, 0.15) is 0 Å². The average molecular weight is 471 g/mol. The summed E-state index contributed by atoms with van der Waals surface area (Å²) in [6, 6.07) is 8.53. The van der Waals surface area contributed by atoms with Gasteiger partial charge in [-0.2, -0.15) is 28.8 Å². The van der Waals surface area contributed by atoms with E-state index >= 15 is 0 Å². The molecular weight excluding hydrogens is 449 g/mol. The van der Waals surface area contributed by atoms with Crippen LogP contribution in [0.3, 0.4) is 0 Å². The molecule has 1 N–H and O–H groups in total. The number of imidazole rings is 1. The first-order valence-corrected chi connectivity index (χ1v) is 12.0. The van der Waals surface area contributed by atoms with Crippen LogP contribution in [0.1, 0.15) is 23.2 Å². The number of H-pyrrole nitrogens is 1. The number of alkyl halides is 3. The van der Waals surface area contributed by atoms with Crippen LogP contribution in [-0.2, 0) is 29.5 Å². The van der Waals surface area contributed by atoms with Gasteiger partial charge in [0.05, 0.1) is 18.6 Å². The number of nitrogens with one attached hydrogen (secondary N) is 1. The van der Waals surface area contributed by atoms with E-state index in [9.17, 15) is 21.6 Å². The minimum atomic E-state index is -5.47. The van der Waals surface area contributed by atoms with Crippen molar-refractivity contribution in [3.8, 4) is 0 Å². The van der Waals surface area contributed by atoms with Crippen molar-refractivity contribution in [2.75, 3.05) is 11.4 Å². The summed E-state index contributed by atoms with van der Waals surface area (Å²) in [4.78, 5) is 9.05. The Morgan fingerprint density at radius 1 is 1.23 bits per heavy atom. The van der Waals surface area contributed by atoms with Gasteiger partial charge in [-0.3, -0.25) is 0 Å². The summed E-state index contributed by atoms with van der Waals surface area (Å²) in [5.74, 6) is 0. The molecule has 3 heterocycles. The summed E-state index contributed by atoms with van der Waals surface area (Å²) in [5.41, 5.74) is -2.21. The molecule has 0 fully saturated rings. The van der Waals surface area contributed by atoms with Crippen molar-refractivity contribution in [2.45, 2.75) is 37.5 Å². The molecule has 1 aliphatic heterocycles. The maximum atomic E-state index is 13.4. The Kier molecular flexibility index (Phi) is 6.09. The number of aromatic nitrogens is 2. The minimum Gasteiger partial charge on any atom is -0.361 e. The Bertz CT molecular complexity index is 1100. The Labute approximate surface area is 182 Å². The van der Waals surface area contributed by atoms with Gasteiger partial charge in [0, 0.05) is 31.0 Å². The number of benzene rings is 1. The molecule has 1 aliphatic rings. The van der Waals surface area contributed by atoms with Gasteiger partial charge in [-0.1, -0.05) is 18.2 Å². The van der Waals surface area contributed by atoms with Crippen LogP contribution in [-0.4, -0.2) is 40.8 Å². The van der Waals surface area contributed by atoms with Gasteiger partial charge in [0.25, 0.3) is 0 Å². The number of anilines is 1. The SMILES string of the molecule is O=S(=O)(N1Cc2ccccc2N(Cc2cnc[nH]2)[C@H](CCc2ccsc2)C1)C(F)(F)F. The number of rotatable bonds is 6. The van der Waals surface area contributed by atoms with Crippen molar-refractivity contribution in [1.29, 1.82) is 0 Å². The molecule has 0 bridgehead atoms. The molecule has 11 heteroatoms. The molecule has 0 unspecified atom stereocenters. The largest absolute Gasteiger partial charge is 0.511 e. The molecule has 4 rings (SSSR count). The maximum Gasteiger partial charge on any atom is 0.511 e. The average Bonchev–Trinajstić information content (AvgIpc) is 3.39. The number of halogens is 3.